The minimum Gasteiger partial charge on any atom is -0.345 e. The molecule has 182 valence electrons. The topological polar surface area (TPSA) is 61.1 Å². The maximum atomic E-state index is 13.3. The van der Waals surface area contributed by atoms with Crippen molar-refractivity contribution in [1.29, 1.82) is 5.26 Å². The molecule has 0 radical (unpaired) electrons. The van der Waals surface area contributed by atoms with E-state index < -0.39 is 11.7 Å². The molecule has 0 fully saturated rings. The minimum absolute atomic E-state index is 0.227. The number of hydrogen-bond acceptors (Lipinski definition) is 2. The van der Waals surface area contributed by atoms with Crippen molar-refractivity contribution in [3.05, 3.63) is 125 Å². The standard InChI is InChI=1S/C28H23F3N4O/c29-28(30,31)24-11-4-10-23(15-24)19-34-14-6-13-26(34)20-35(18-21-7-2-1-3-8-21)27(36)33-25-12-5-9-22(16-25)17-32/h1-16H,18-20H2,(H,33,36). The molecule has 0 atom stereocenters. The maximum Gasteiger partial charge on any atom is 0.416 e. The third kappa shape index (κ3) is 6.33. The number of hydrogen-bond donors (Lipinski definition) is 1. The Morgan fingerprint density at radius 2 is 1.64 bits per heavy atom. The molecule has 0 bridgehead atoms. The lowest BCUT2D eigenvalue weighted by atomic mass is 10.1. The van der Waals surface area contributed by atoms with Crippen molar-refractivity contribution in [3.63, 3.8) is 0 Å². The Bertz CT molecular complexity index is 1370. The van der Waals surface area contributed by atoms with Crippen molar-refractivity contribution in [2.24, 2.45) is 0 Å². The summed E-state index contributed by atoms with van der Waals surface area (Å²) in [7, 11) is 0. The van der Waals surface area contributed by atoms with Gasteiger partial charge in [-0.3, -0.25) is 0 Å². The van der Waals surface area contributed by atoms with Crippen molar-refractivity contribution >= 4 is 11.7 Å². The third-order valence-electron chi connectivity index (χ3n) is 5.63. The van der Waals surface area contributed by atoms with E-state index in [0.717, 1.165) is 23.4 Å². The zero-order chi connectivity index (χ0) is 25.5. The zero-order valence-corrected chi connectivity index (χ0v) is 19.2. The van der Waals surface area contributed by atoms with E-state index in [1.165, 1.54) is 6.07 Å². The summed E-state index contributed by atoms with van der Waals surface area (Å²) in [4.78, 5) is 14.9. The van der Waals surface area contributed by atoms with E-state index in [1.54, 1.807) is 47.5 Å². The summed E-state index contributed by atoms with van der Waals surface area (Å²) in [6, 6.07) is 26.7. The van der Waals surface area contributed by atoms with Crippen LogP contribution in [0.4, 0.5) is 23.7 Å². The number of halogens is 3. The highest BCUT2D eigenvalue weighted by atomic mass is 19.4. The largest absolute Gasteiger partial charge is 0.416 e. The Morgan fingerprint density at radius 3 is 2.39 bits per heavy atom. The van der Waals surface area contributed by atoms with Gasteiger partial charge in [-0.25, -0.2) is 4.79 Å². The van der Waals surface area contributed by atoms with Crippen molar-refractivity contribution in [2.45, 2.75) is 25.8 Å². The molecule has 36 heavy (non-hydrogen) atoms. The lowest BCUT2D eigenvalue weighted by molar-refractivity contribution is -0.137. The van der Waals surface area contributed by atoms with Crippen LogP contribution in [0.15, 0.2) is 97.2 Å². The van der Waals surface area contributed by atoms with Crippen molar-refractivity contribution in [3.8, 4) is 6.07 Å². The number of anilines is 1. The number of nitrogens with one attached hydrogen (secondary N) is 1. The molecule has 0 aliphatic heterocycles. The summed E-state index contributed by atoms with van der Waals surface area (Å²) in [5, 5.41) is 12.0. The van der Waals surface area contributed by atoms with Gasteiger partial charge >= 0.3 is 12.2 Å². The van der Waals surface area contributed by atoms with Gasteiger partial charge in [0.05, 0.1) is 23.7 Å². The summed E-state index contributed by atoms with van der Waals surface area (Å²) in [5.74, 6) is 0. The van der Waals surface area contributed by atoms with Crippen LogP contribution in [-0.2, 0) is 25.8 Å². The molecular formula is C28H23F3N4O. The van der Waals surface area contributed by atoms with Crippen LogP contribution in [0.3, 0.4) is 0 Å². The molecule has 0 spiro atoms. The van der Waals surface area contributed by atoms with Gasteiger partial charge in [0.1, 0.15) is 0 Å². The first-order valence-electron chi connectivity index (χ1n) is 11.2. The first-order chi connectivity index (χ1) is 17.3. The van der Waals surface area contributed by atoms with Crippen LogP contribution >= 0.6 is 0 Å². The lowest BCUT2D eigenvalue weighted by Crippen LogP contribution is -2.34. The van der Waals surface area contributed by atoms with Gasteiger partial charge in [-0.05, 0) is 53.6 Å². The average molecular weight is 489 g/mol. The zero-order valence-electron chi connectivity index (χ0n) is 19.2. The summed E-state index contributed by atoms with van der Waals surface area (Å²) in [5.41, 5.74) is 2.43. The minimum atomic E-state index is -4.41. The van der Waals surface area contributed by atoms with Gasteiger partial charge in [-0.1, -0.05) is 48.5 Å². The van der Waals surface area contributed by atoms with Crippen LogP contribution in [0.1, 0.15) is 27.9 Å². The van der Waals surface area contributed by atoms with Gasteiger partial charge in [0.15, 0.2) is 0 Å². The normalized spacial score (nSPS) is 11.1. The molecule has 0 unspecified atom stereocenters. The Balaban J connectivity index is 1.56. The number of aromatic nitrogens is 1. The summed E-state index contributed by atoms with van der Waals surface area (Å²) >= 11 is 0. The second-order valence-corrected chi connectivity index (χ2v) is 8.29. The number of amides is 2. The molecule has 0 aliphatic rings. The molecule has 1 aromatic heterocycles. The number of urea groups is 1. The second-order valence-electron chi connectivity index (χ2n) is 8.29. The van der Waals surface area contributed by atoms with Crippen molar-refractivity contribution in [2.75, 3.05) is 5.32 Å². The number of rotatable bonds is 7. The fraction of sp³-hybridized carbons (Fsp3) is 0.143. The van der Waals surface area contributed by atoms with E-state index in [0.29, 0.717) is 23.4 Å². The maximum absolute atomic E-state index is 13.3. The van der Waals surface area contributed by atoms with Crippen LogP contribution in [0.5, 0.6) is 0 Å². The second kappa shape index (κ2) is 10.8. The number of benzene rings is 3. The predicted molar refractivity (Wildman–Crippen MR) is 131 cm³/mol. The Morgan fingerprint density at radius 1 is 0.889 bits per heavy atom. The number of carbonyl (C=O) groups excluding carboxylic acids is 1. The first kappa shape index (κ1) is 24.6. The molecule has 3 aromatic carbocycles. The monoisotopic (exact) mass is 488 g/mol. The molecule has 0 aliphatic carbocycles. The van der Waals surface area contributed by atoms with Gasteiger partial charge in [0, 0.05) is 30.7 Å². The molecule has 4 aromatic rings. The number of nitriles is 1. The van der Waals surface area contributed by atoms with Crippen LogP contribution < -0.4 is 5.32 Å². The third-order valence-corrected chi connectivity index (χ3v) is 5.63. The van der Waals surface area contributed by atoms with Gasteiger partial charge in [0.25, 0.3) is 0 Å². The Hall–Kier alpha value is -4.51. The summed E-state index contributed by atoms with van der Waals surface area (Å²) in [6.45, 7) is 0.779. The van der Waals surface area contributed by atoms with E-state index in [4.69, 9.17) is 5.26 Å². The quantitative estimate of drug-likeness (QED) is 0.316. The summed E-state index contributed by atoms with van der Waals surface area (Å²) in [6.07, 6.45) is -2.63. The van der Waals surface area contributed by atoms with Gasteiger partial charge in [-0.2, -0.15) is 18.4 Å². The predicted octanol–water partition coefficient (Wildman–Crippen LogP) is 6.66. The molecule has 2 amide bonds. The van der Waals surface area contributed by atoms with Gasteiger partial charge in [-0.15, -0.1) is 0 Å². The highest BCUT2D eigenvalue weighted by Crippen LogP contribution is 2.29. The molecule has 8 heteroatoms. The summed E-state index contributed by atoms with van der Waals surface area (Å²) < 4.78 is 41.3. The molecule has 1 heterocycles. The number of alkyl halides is 3. The van der Waals surface area contributed by atoms with E-state index in [2.05, 4.69) is 11.4 Å². The SMILES string of the molecule is N#Cc1cccc(NC(=O)N(Cc2ccccc2)Cc2cccn2Cc2cccc(C(F)(F)F)c2)c1. The Kier molecular flexibility index (Phi) is 7.40. The van der Waals surface area contributed by atoms with Crippen LogP contribution in [0, 0.1) is 11.3 Å². The lowest BCUT2D eigenvalue weighted by Gasteiger charge is -2.24. The molecule has 0 saturated heterocycles. The van der Waals surface area contributed by atoms with Crippen LogP contribution in [0.2, 0.25) is 0 Å². The van der Waals surface area contributed by atoms with Crippen LogP contribution in [0.25, 0.3) is 0 Å². The molecule has 4 rings (SSSR count). The number of nitrogens with zero attached hydrogens (tertiary/aromatic N) is 3. The Labute approximate surface area is 207 Å². The highest BCUT2D eigenvalue weighted by molar-refractivity contribution is 5.89. The van der Waals surface area contributed by atoms with Crippen molar-refractivity contribution < 1.29 is 18.0 Å². The van der Waals surface area contributed by atoms with E-state index in [1.807, 2.05) is 41.0 Å². The molecule has 0 saturated carbocycles. The first-order valence-corrected chi connectivity index (χ1v) is 11.2. The smallest absolute Gasteiger partial charge is 0.345 e. The van der Waals surface area contributed by atoms with E-state index >= 15 is 0 Å². The number of carbonyl (C=O) groups is 1. The van der Waals surface area contributed by atoms with E-state index in [-0.39, 0.29) is 19.1 Å². The van der Waals surface area contributed by atoms with Gasteiger partial charge in [0.2, 0.25) is 0 Å². The van der Waals surface area contributed by atoms with Gasteiger partial charge < -0.3 is 14.8 Å². The average Bonchev–Trinajstić information content (AvgIpc) is 3.30. The highest BCUT2D eigenvalue weighted by Gasteiger charge is 2.30. The van der Waals surface area contributed by atoms with E-state index in [9.17, 15) is 18.0 Å². The van der Waals surface area contributed by atoms with Crippen LogP contribution in [-0.4, -0.2) is 15.5 Å². The molecule has 5 nitrogen and oxygen atoms in total. The molecular weight excluding hydrogens is 465 g/mol. The fourth-order valence-corrected chi connectivity index (χ4v) is 3.86. The molecule has 1 N–H and O–H groups in total. The van der Waals surface area contributed by atoms with Crippen molar-refractivity contribution in [1.82, 2.24) is 9.47 Å². The fourth-order valence-electron chi connectivity index (χ4n) is 3.86.